The van der Waals surface area contributed by atoms with Crippen molar-refractivity contribution in [3.05, 3.63) is 0 Å². The van der Waals surface area contributed by atoms with Gasteiger partial charge in [-0.25, -0.2) is 0 Å². The lowest BCUT2D eigenvalue weighted by molar-refractivity contribution is -0.144. The van der Waals surface area contributed by atoms with Gasteiger partial charge in [-0.3, -0.25) is 4.79 Å². The molecule has 5 nitrogen and oxygen atoms in total. The van der Waals surface area contributed by atoms with Crippen LogP contribution in [0.2, 0.25) is 0 Å². The van der Waals surface area contributed by atoms with Gasteiger partial charge in [0.2, 0.25) is 5.91 Å². The number of hydrogen-bond donors (Lipinski definition) is 1. The number of ether oxygens (including phenoxy) is 2. The summed E-state index contributed by atoms with van der Waals surface area (Å²) in [6, 6.07) is 0. The van der Waals surface area contributed by atoms with Gasteiger partial charge in [-0.2, -0.15) is 0 Å². The fourth-order valence-corrected chi connectivity index (χ4v) is 2.01. The van der Waals surface area contributed by atoms with Crippen LogP contribution in [0.15, 0.2) is 0 Å². The quantitative estimate of drug-likeness (QED) is 0.686. The normalized spacial score (nSPS) is 25.0. The molecule has 1 saturated heterocycles. The third-order valence-electron chi connectivity index (χ3n) is 2.83. The van der Waals surface area contributed by atoms with E-state index in [1.165, 1.54) is 0 Å². The summed E-state index contributed by atoms with van der Waals surface area (Å²) < 4.78 is 10.8. The van der Waals surface area contributed by atoms with E-state index in [-0.39, 0.29) is 18.1 Å². The Hall–Kier alpha value is -0.650. The van der Waals surface area contributed by atoms with E-state index in [0.717, 1.165) is 6.42 Å². The Morgan fingerprint density at radius 1 is 1.53 bits per heavy atom. The van der Waals surface area contributed by atoms with Gasteiger partial charge in [-0.1, -0.05) is 0 Å². The number of carbonyl (C=O) groups excluding carboxylic acids is 1. The van der Waals surface area contributed by atoms with Gasteiger partial charge in [0.15, 0.2) is 0 Å². The Morgan fingerprint density at radius 3 is 2.94 bits per heavy atom. The molecule has 0 aliphatic carbocycles. The number of amides is 1. The Morgan fingerprint density at radius 2 is 2.29 bits per heavy atom. The topological polar surface area (TPSA) is 64.8 Å². The zero-order valence-corrected chi connectivity index (χ0v) is 10.9. The van der Waals surface area contributed by atoms with Gasteiger partial charge in [0.25, 0.3) is 0 Å². The van der Waals surface area contributed by atoms with E-state index in [9.17, 15) is 4.79 Å². The van der Waals surface area contributed by atoms with E-state index in [1.807, 2.05) is 18.7 Å². The smallest absolute Gasteiger partial charge is 0.222 e. The van der Waals surface area contributed by atoms with Crippen molar-refractivity contribution in [2.24, 2.45) is 5.73 Å². The fraction of sp³-hybridized carbons (Fsp3) is 0.917. The molecule has 0 spiro atoms. The highest BCUT2D eigenvalue weighted by atomic mass is 16.5. The number of nitrogens with zero attached hydrogens (tertiary/aromatic N) is 1. The molecule has 0 aromatic rings. The van der Waals surface area contributed by atoms with Crippen LogP contribution in [0.1, 0.15) is 26.7 Å². The lowest BCUT2D eigenvalue weighted by Gasteiger charge is -2.36. The molecular weight excluding hydrogens is 220 g/mol. The molecule has 0 aromatic heterocycles. The van der Waals surface area contributed by atoms with Crippen molar-refractivity contribution < 1.29 is 14.3 Å². The van der Waals surface area contributed by atoms with Crippen molar-refractivity contribution in [3.63, 3.8) is 0 Å². The maximum absolute atomic E-state index is 11.9. The van der Waals surface area contributed by atoms with Crippen LogP contribution in [0.4, 0.5) is 0 Å². The summed E-state index contributed by atoms with van der Waals surface area (Å²) in [5, 5.41) is 0. The first-order chi connectivity index (χ1) is 8.17. The second kappa shape index (κ2) is 7.63. The molecule has 0 bridgehead atoms. The highest BCUT2D eigenvalue weighted by molar-refractivity contribution is 5.76. The highest BCUT2D eigenvalue weighted by Crippen LogP contribution is 2.12. The molecule has 1 aliphatic rings. The molecule has 1 heterocycles. The second-order valence-corrected chi connectivity index (χ2v) is 4.40. The van der Waals surface area contributed by atoms with Crippen LogP contribution >= 0.6 is 0 Å². The van der Waals surface area contributed by atoms with Crippen LogP contribution in [0.25, 0.3) is 0 Å². The van der Waals surface area contributed by atoms with Gasteiger partial charge in [-0.15, -0.1) is 0 Å². The Bertz CT molecular complexity index is 236. The highest BCUT2D eigenvalue weighted by Gasteiger charge is 2.26. The van der Waals surface area contributed by atoms with E-state index in [1.54, 1.807) is 0 Å². The fourth-order valence-electron chi connectivity index (χ4n) is 2.01. The molecule has 100 valence electrons. The molecule has 0 radical (unpaired) electrons. The minimum atomic E-state index is -0.0189. The van der Waals surface area contributed by atoms with E-state index < -0.39 is 0 Å². The average Bonchev–Trinajstić information content (AvgIpc) is 2.33. The van der Waals surface area contributed by atoms with Crippen molar-refractivity contribution in [2.45, 2.75) is 38.9 Å². The molecule has 1 rings (SSSR count). The van der Waals surface area contributed by atoms with Crippen LogP contribution < -0.4 is 5.73 Å². The molecule has 2 N–H and O–H groups in total. The average molecular weight is 244 g/mol. The van der Waals surface area contributed by atoms with E-state index in [2.05, 4.69) is 0 Å². The van der Waals surface area contributed by atoms with Gasteiger partial charge in [0.1, 0.15) is 0 Å². The van der Waals surface area contributed by atoms with E-state index in [4.69, 9.17) is 15.2 Å². The van der Waals surface area contributed by atoms with Crippen molar-refractivity contribution in [1.29, 1.82) is 0 Å². The Balaban J connectivity index is 2.29. The summed E-state index contributed by atoms with van der Waals surface area (Å²) in [5.41, 5.74) is 5.58. The molecule has 2 atom stereocenters. The van der Waals surface area contributed by atoms with Crippen molar-refractivity contribution in [2.75, 3.05) is 32.8 Å². The van der Waals surface area contributed by atoms with Gasteiger partial charge >= 0.3 is 0 Å². The summed E-state index contributed by atoms with van der Waals surface area (Å²) in [6.45, 7) is 7.05. The molecule has 0 aromatic carbocycles. The van der Waals surface area contributed by atoms with Gasteiger partial charge < -0.3 is 20.1 Å². The van der Waals surface area contributed by atoms with Gasteiger partial charge in [-0.05, 0) is 20.3 Å². The number of rotatable bonds is 6. The molecule has 1 amide bonds. The van der Waals surface area contributed by atoms with Crippen LogP contribution in [-0.4, -0.2) is 55.9 Å². The van der Waals surface area contributed by atoms with Gasteiger partial charge in [0.05, 0.1) is 12.2 Å². The third kappa shape index (κ3) is 5.02. The van der Waals surface area contributed by atoms with E-state index >= 15 is 0 Å². The minimum Gasteiger partial charge on any atom is -0.382 e. The first-order valence-electron chi connectivity index (χ1n) is 6.38. The van der Waals surface area contributed by atoms with Crippen molar-refractivity contribution in [3.8, 4) is 0 Å². The number of nitrogens with two attached hydrogens (primary N) is 1. The lowest BCUT2D eigenvalue weighted by atomic mass is 10.2. The summed E-state index contributed by atoms with van der Waals surface area (Å²) >= 11 is 0. The zero-order chi connectivity index (χ0) is 12.7. The minimum absolute atomic E-state index is 0.0189. The van der Waals surface area contributed by atoms with Gasteiger partial charge in [0, 0.05) is 39.3 Å². The predicted molar refractivity (Wildman–Crippen MR) is 65.7 cm³/mol. The maximum atomic E-state index is 11.9. The molecule has 17 heavy (non-hydrogen) atoms. The third-order valence-corrected chi connectivity index (χ3v) is 2.83. The predicted octanol–water partition coefficient (Wildman–Crippen LogP) is 0.378. The molecule has 0 saturated carbocycles. The van der Waals surface area contributed by atoms with E-state index in [0.29, 0.717) is 39.3 Å². The molecule has 2 unspecified atom stereocenters. The largest absolute Gasteiger partial charge is 0.382 e. The Kier molecular flexibility index (Phi) is 6.47. The summed E-state index contributed by atoms with van der Waals surface area (Å²) in [7, 11) is 0. The van der Waals surface area contributed by atoms with Crippen molar-refractivity contribution in [1.82, 2.24) is 4.90 Å². The SMILES string of the molecule is CCOCCCC(=O)N1CC(C)OC(CN)C1. The summed E-state index contributed by atoms with van der Waals surface area (Å²) in [4.78, 5) is 13.8. The molecule has 5 heteroatoms. The molecular formula is C12H24N2O3. The monoisotopic (exact) mass is 244 g/mol. The first kappa shape index (κ1) is 14.4. The van der Waals surface area contributed by atoms with Crippen LogP contribution in [0.5, 0.6) is 0 Å². The molecule has 1 fully saturated rings. The van der Waals surface area contributed by atoms with Crippen LogP contribution in [-0.2, 0) is 14.3 Å². The maximum Gasteiger partial charge on any atom is 0.222 e. The van der Waals surface area contributed by atoms with Crippen LogP contribution in [0.3, 0.4) is 0 Å². The summed E-state index contributed by atoms with van der Waals surface area (Å²) in [6.07, 6.45) is 1.39. The zero-order valence-electron chi connectivity index (χ0n) is 10.9. The number of hydrogen-bond acceptors (Lipinski definition) is 4. The first-order valence-corrected chi connectivity index (χ1v) is 6.38. The van der Waals surface area contributed by atoms with Crippen LogP contribution in [0, 0.1) is 0 Å². The number of morpholine rings is 1. The molecule has 1 aliphatic heterocycles. The van der Waals surface area contributed by atoms with Crippen molar-refractivity contribution >= 4 is 5.91 Å². The summed E-state index contributed by atoms with van der Waals surface area (Å²) in [5.74, 6) is 0.179. The number of carbonyl (C=O) groups is 1. The lowest BCUT2D eigenvalue weighted by Crippen LogP contribution is -2.51. The second-order valence-electron chi connectivity index (χ2n) is 4.40. The Labute approximate surface area is 103 Å². The standard InChI is InChI=1S/C12H24N2O3/c1-3-16-6-4-5-12(15)14-8-10(2)17-11(7-13)9-14/h10-11H,3-9,13H2,1-2H3.